The molecule has 0 unspecified atom stereocenters. The molecule has 0 saturated carbocycles. The molecule has 0 spiro atoms. The number of hydrogen-bond acceptors (Lipinski definition) is 4. The van der Waals surface area contributed by atoms with Crippen molar-refractivity contribution in [2.24, 2.45) is 5.92 Å². The summed E-state index contributed by atoms with van der Waals surface area (Å²) in [7, 11) is 0. The number of pyridine rings is 1. The van der Waals surface area contributed by atoms with Crippen molar-refractivity contribution in [3.63, 3.8) is 0 Å². The number of likely N-dealkylation sites (N-methyl/N-ethyl adjacent to an activating group) is 1. The smallest absolute Gasteiger partial charge is 0.142 e. The molecule has 114 valence electrons. The number of nitrogens with one attached hydrogen (secondary N) is 1. The first kappa shape index (κ1) is 16.9. The Morgan fingerprint density at radius 3 is 2.70 bits per heavy atom. The SMILES string of the molecule is CCN(CC)CCOc1cnccc1CNCC(C)C. The molecule has 0 aliphatic rings. The van der Waals surface area contributed by atoms with E-state index in [4.69, 9.17) is 4.74 Å². The molecule has 0 atom stereocenters. The molecule has 0 radical (unpaired) electrons. The summed E-state index contributed by atoms with van der Waals surface area (Å²) in [4.78, 5) is 6.51. The van der Waals surface area contributed by atoms with Gasteiger partial charge in [-0.1, -0.05) is 27.7 Å². The molecule has 1 N–H and O–H groups in total. The molecule has 0 fully saturated rings. The van der Waals surface area contributed by atoms with E-state index in [0.29, 0.717) is 12.5 Å². The Morgan fingerprint density at radius 2 is 2.05 bits per heavy atom. The molecule has 1 heterocycles. The van der Waals surface area contributed by atoms with E-state index in [-0.39, 0.29) is 0 Å². The molecule has 4 nitrogen and oxygen atoms in total. The number of nitrogens with zero attached hydrogens (tertiary/aromatic N) is 2. The van der Waals surface area contributed by atoms with Gasteiger partial charge in [-0.2, -0.15) is 0 Å². The quantitative estimate of drug-likeness (QED) is 0.714. The molecule has 0 amide bonds. The topological polar surface area (TPSA) is 37.4 Å². The van der Waals surface area contributed by atoms with E-state index in [1.54, 1.807) is 0 Å². The minimum Gasteiger partial charge on any atom is -0.490 e. The van der Waals surface area contributed by atoms with Crippen molar-refractivity contribution >= 4 is 0 Å². The maximum absolute atomic E-state index is 5.88. The maximum atomic E-state index is 5.88. The molecule has 1 rings (SSSR count). The van der Waals surface area contributed by atoms with Crippen molar-refractivity contribution in [2.75, 3.05) is 32.8 Å². The van der Waals surface area contributed by atoms with Crippen molar-refractivity contribution in [3.05, 3.63) is 24.0 Å². The Labute approximate surface area is 123 Å². The van der Waals surface area contributed by atoms with Gasteiger partial charge in [0, 0.05) is 24.8 Å². The summed E-state index contributed by atoms with van der Waals surface area (Å²) in [6, 6.07) is 2.03. The van der Waals surface area contributed by atoms with Gasteiger partial charge in [0.25, 0.3) is 0 Å². The lowest BCUT2D eigenvalue weighted by Gasteiger charge is -2.19. The second kappa shape index (κ2) is 9.72. The lowest BCUT2D eigenvalue weighted by molar-refractivity contribution is 0.221. The second-order valence-electron chi connectivity index (χ2n) is 5.38. The van der Waals surface area contributed by atoms with E-state index in [1.807, 2.05) is 18.5 Å². The Morgan fingerprint density at radius 1 is 1.30 bits per heavy atom. The summed E-state index contributed by atoms with van der Waals surface area (Å²) in [5.41, 5.74) is 1.18. The van der Waals surface area contributed by atoms with Gasteiger partial charge in [0.15, 0.2) is 0 Å². The summed E-state index contributed by atoms with van der Waals surface area (Å²) >= 11 is 0. The molecular weight excluding hydrogens is 250 g/mol. The van der Waals surface area contributed by atoms with Gasteiger partial charge in [-0.05, 0) is 31.6 Å². The second-order valence-corrected chi connectivity index (χ2v) is 5.38. The van der Waals surface area contributed by atoms with Gasteiger partial charge in [0.2, 0.25) is 0 Å². The van der Waals surface area contributed by atoms with Crippen LogP contribution in [-0.2, 0) is 6.54 Å². The summed E-state index contributed by atoms with van der Waals surface area (Å²) in [6.07, 6.45) is 3.64. The van der Waals surface area contributed by atoms with Crippen molar-refractivity contribution < 1.29 is 4.74 Å². The molecule has 0 bridgehead atoms. The van der Waals surface area contributed by atoms with Gasteiger partial charge in [0.1, 0.15) is 12.4 Å². The first-order valence-corrected chi connectivity index (χ1v) is 7.66. The number of hydrogen-bond donors (Lipinski definition) is 1. The predicted molar refractivity (Wildman–Crippen MR) is 84.1 cm³/mol. The van der Waals surface area contributed by atoms with Crippen molar-refractivity contribution in [1.29, 1.82) is 0 Å². The fourth-order valence-corrected chi connectivity index (χ4v) is 2.00. The third-order valence-corrected chi connectivity index (χ3v) is 3.30. The van der Waals surface area contributed by atoms with Crippen LogP contribution in [0.2, 0.25) is 0 Å². The number of aromatic nitrogens is 1. The van der Waals surface area contributed by atoms with Gasteiger partial charge in [-0.3, -0.25) is 4.98 Å². The van der Waals surface area contributed by atoms with Crippen LogP contribution in [0, 0.1) is 5.92 Å². The maximum Gasteiger partial charge on any atom is 0.142 e. The molecule has 4 heteroatoms. The van der Waals surface area contributed by atoms with E-state index in [1.165, 1.54) is 5.56 Å². The lowest BCUT2D eigenvalue weighted by atomic mass is 10.2. The van der Waals surface area contributed by atoms with Gasteiger partial charge in [-0.15, -0.1) is 0 Å². The Kier molecular flexibility index (Phi) is 8.23. The molecular formula is C16H29N3O. The van der Waals surface area contributed by atoms with Crippen LogP contribution in [-0.4, -0.2) is 42.7 Å². The van der Waals surface area contributed by atoms with E-state index in [9.17, 15) is 0 Å². The van der Waals surface area contributed by atoms with Crippen molar-refractivity contribution in [2.45, 2.75) is 34.2 Å². The normalized spacial score (nSPS) is 11.3. The van der Waals surface area contributed by atoms with Crippen LogP contribution in [0.15, 0.2) is 18.5 Å². The van der Waals surface area contributed by atoms with Crippen LogP contribution in [0.5, 0.6) is 5.75 Å². The molecule has 1 aromatic rings. The Hall–Kier alpha value is -1.13. The third kappa shape index (κ3) is 6.35. The largest absolute Gasteiger partial charge is 0.490 e. The van der Waals surface area contributed by atoms with Crippen LogP contribution in [0.25, 0.3) is 0 Å². The van der Waals surface area contributed by atoms with Crippen molar-refractivity contribution in [3.8, 4) is 5.75 Å². The highest BCUT2D eigenvalue weighted by Gasteiger charge is 2.05. The highest BCUT2D eigenvalue weighted by atomic mass is 16.5. The zero-order chi connectivity index (χ0) is 14.8. The molecule has 0 saturated heterocycles. The Bertz CT molecular complexity index is 364. The Balaban J connectivity index is 2.44. The zero-order valence-electron chi connectivity index (χ0n) is 13.4. The fraction of sp³-hybridized carbons (Fsp3) is 0.688. The fourth-order valence-electron chi connectivity index (χ4n) is 2.00. The summed E-state index contributed by atoms with van der Waals surface area (Å²) in [5.74, 6) is 1.56. The zero-order valence-corrected chi connectivity index (χ0v) is 13.4. The van der Waals surface area contributed by atoms with Crippen LogP contribution < -0.4 is 10.1 Å². The molecule has 20 heavy (non-hydrogen) atoms. The minimum absolute atomic E-state index is 0.656. The van der Waals surface area contributed by atoms with Crippen LogP contribution in [0.1, 0.15) is 33.3 Å². The molecule has 0 aliphatic carbocycles. The highest BCUT2D eigenvalue weighted by Crippen LogP contribution is 2.16. The van der Waals surface area contributed by atoms with Gasteiger partial charge in [-0.25, -0.2) is 0 Å². The van der Waals surface area contributed by atoms with E-state index in [0.717, 1.165) is 38.5 Å². The third-order valence-electron chi connectivity index (χ3n) is 3.30. The molecule has 1 aromatic heterocycles. The van der Waals surface area contributed by atoms with Crippen LogP contribution >= 0.6 is 0 Å². The van der Waals surface area contributed by atoms with E-state index in [2.05, 4.69) is 42.9 Å². The summed E-state index contributed by atoms with van der Waals surface area (Å²) < 4.78 is 5.88. The average molecular weight is 279 g/mol. The van der Waals surface area contributed by atoms with Crippen molar-refractivity contribution in [1.82, 2.24) is 15.2 Å². The minimum atomic E-state index is 0.656. The predicted octanol–water partition coefficient (Wildman–Crippen LogP) is 2.55. The van der Waals surface area contributed by atoms with Gasteiger partial charge < -0.3 is 15.0 Å². The molecule has 0 aliphatic heterocycles. The van der Waals surface area contributed by atoms with Crippen LogP contribution in [0.3, 0.4) is 0 Å². The molecule has 0 aromatic carbocycles. The number of ether oxygens (including phenoxy) is 1. The van der Waals surface area contributed by atoms with Gasteiger partial charge >= 0.3 is 0 Å². The lowest BCUT2D eigenvalue weighted by Crippen LogP contribution is -2.28. The highest BCUT2D eigenvalue weighted by molar-refractivity contribution is 5.29. The summed E-state index contributed by atoms with van der Waals surface area (Å²) in [5, 5.41) is 3.44. The van der Waals surface area contributed by atoms with E-state index >= 15 is 0 Å². The van der Waals surface area contributed by atoms with Crippen LogP contribution in [0.4, 0.5) is 0 Å². The van der Waals surface area contributed by atoms with Gasteiger partial charge in [0.05, 0.1) is 6.20 Å². The average Bonchev–Trinajstić information content (AvgIpc) is 2.45. The first-order chi connectivity index (χ1) is 9.67. The summed E-state index contributed by atoms with van der Waals surface area (Å²) in [6.45, 7) is 14.4. The van der Waals surface area contributed by atoms with E-state index < -0.39 is 0 Å². The number of rotatable bonds is 10. The standard InChI is InChI=1S/C16H29N3O/c1-5-19(6-2)9-10-20-16-13-17-8-7-15(16)12-18-11-14(3)4/h7-8,13-14,18H,5-6,9-12H2,1-4H3. The first-order valence-electron chi connectivity index (χ1n) is 7.66. The monoisotopic (exact) mass is 279 g/mol.